The Morgan fingerprint density at radius 2 is 1.84 bits per heavy atom. The Balaban J connectivity index is 1.65. The van der Waals surface area contributed by atoms with Crippen molar-refractivity contribution in [1.29, 1.82) is 0 Å². The second kappa shape index (κ2) is 7.94. The van der Waals surface area contributed by atoms with Gasteiger partial charge in [-0.3, -0.25) is 9.59 Å². The molecule has 0 aromatic heterocycles. The van der Waals surface area contributed by atoms with Crippen LogP contribution in [0.5, 0.6) is 0 Å². The highest BCUT2D eigenvalue weighted by molar-refractivity contribution is 5.96. The molecule has 2 N–H and O–H groups in total. The van der Waals surface area contributed by atoms with E-state index in [1.54, 1.807) is 7.05 Å². The lowest BCUT2D eigenvalue weighted by atomic mass is 10.0. The van der Waals surface area contributed by atoms with E-state index in [-0.39, 0.29) is 18.4 Å². The van der Waals surface area contributed by atoms with Gasteiger partial charge in [-0.05, 0) is 49.2 Å². The van der Waals surface area contributed by atoms with E-state index >= 15 is 0 Å². The lowest BCUT2D eigenvalue weighted by molar-refractivity contribution is -0.118. The van der Waals surface area contributed by atoms with Crippen LogP contribution in [-0.4, -0.2) is 32.0 Å². The number of fused-ring (bicyclic) bond motifs is 1. The fourth-order valence-corrected chi connectivity index (χ4v) is 3.13. The Kier molecular flexibility index (Phi) is 5.46. The van der Waals surface area contributed by atoms with E-state index in [2.05, 4.69) is 16.7 Å². The van der Waals surface area contributed by atoms with Crippen LogP contribution < -0.4 is 15.5 Å². The van der Waals surface area contributed by atoms with Crippen LogP contribution in [0.3, 0.4) is 0 Å². The van der Waals surface area contributed by atoms with E-state index in [0.29, 0.717) is 6.42 Å². The van der Waals surface area contributed by atoms with Crippen molar-refractivity contribution < 1.29 is 9.59 Å². The van der Waals surface area contributed by atoms with Crippen LogP contribution in [0.1, 0.15) is 17.5 Å². The topological polar surface area (TPSA) is 61.4 Å². The molecule has 1 aliphatic rings. The molecule has 0 saturated carbocycles. The number of nitrogens with one attached hydrogen (secondary N) is 2. The zero-order valence-corrected chi connectivity index (χ0v) is 14.4. The molecule has 3 rings (SSSR count). The van der Waals surface area contributed by atoms with Crippen LogP contribution in [0.25, 0.3) is 0 Å². The van der Waals surface area contributed by atoms with Gasteiger partial charge in [0.25, 0.3) is 0 Å². The summed E-state index contributed by atoms with van der Waals surface area (Å²) in [5.74, 6) is 0.0235. The molecule has 130 valence electrons. The van der Waals surface area contributed by atoms with Gasteiger partial charge < -0.3 is 15.5 Å². The number of carbonyl (C=O) groups is 2. The Bertz CT molecular complexity index is 756. The van der Waals surface area contributed by atoms with Crippen LogP contribution in [0.2, 0.25) is 0 Å². The van der Waals surface area contributed by atoms with E-state index in [1.165, 1.54) is 5.56 Å². The predicted octanol–water partition coefficient (Wildman–Crippen LogP) is 2.37. The summed E-state index contributed by atoms with van der Waals surface area (Å²) < 4.78 is 0. The number of carbonyl (C=O) groups excluding carboxylic acids is 2. The maximum atomic E-state index is 12.7. The minimum atomic E-state index is -0.0868. The molecule has 0 fully saturated rings. The van der Waals surface area contributed by atoms with Gasteiger partial charge in [-0.1, -0.05) is 30.3 Å². The third kappa shape index (κ3) is 4.25. The molecule has 5 heteroatoms. The summed E-state index contributed by atoms with van der Waals surface area (Å²) in [4.78, 5) is 26.2. The van der Waals surface area contributed by atoms with E-state index in [1.807, 2.05) is 47.4 Å². The molecule has 0 spiro atoms. The third-order valence-corrected chi connectivity index (χ3v) is 4.34. The molecule has 1 aliphatic heterocycles. The number of para-hydroxylation sites is 1. The SMILES string of the molecule is CNCC(=O)Nc1ccc(CC(=O)N2CCCc3ccccc32)cc1. The van der Waals surface area contributed by atoms with Gasteiger partial charge in [0.15, 0.2) is 0 Å². The molecule has 0 unspecified atom stereocenters. The fraction of sp³-hybridized carbons (Fsp3) is 0.300. The van der Waals surface area contributed by atoms with Gasteiger partial charge in [-0.15, -0.1) is 0 Å². The Labute approximate surface area is 148 Å². The normalized spacial score (nSPS) is 13.2. The summed E-state index contributed by atoms with van der Waals surface area (Å²) >= 11 is 0. The Morgan fingerprint density at radius 1 is 1.08 bits per heavy atom. The second-order valence-corrected chi connectivity index (χ2v) is 6.23. The van der Waals surface area contributed by atoms with Crippen molar-refractivity contribution in [2.45, 2.75) is 19.3 Å². The molecule has 0 saturated heterocycles. The molecule has 0 atom stereocenters. The fourth-order valence-electron chi connectivity index (χ4n) is 3.13. The molecule has 2 aromatic carbocycles. The first-order valence-corrected chi connectivity index (χ1v) is 8.59. The monoisotopic (exact) mass is 337 g/mol. The number of amides is 2. The number of hydrogen-bond donors (Lipinski definition) is 2. The molecule has 0 bridgehead atoms. The van der Waals surface area contributed by atoms with E-state index < -0.39 is 0 Å². The molecule has 1 heterocycles. The van der Waals surface area contributed by atoms with Crippen molar-refractivity contribution in [1.82, 2.24) is 5.32 Å². The number of aryl methyl sites for hydroxylation is 1. The first-order valence-electron chi connectivity index (χ1n) is 8.59. The second-order valence-electron chi connectivity index (χ2n) is 6.23. The van der Waals surface area contributed by atoms with Gasteiger partial charge >= 0.3 is 0 Å². The minimum absolute atomic E-state index is 0.0868. The van der Waals surface area contributed by atoms with E-state index in [9.17, 15) is 9.59 Å². The van der Waals surface area contributed by atoms with Crippen molar-refractivity contribution in [3.05, 3.63) is 59.7 Å². The van der Waals surface area contributed by atoms with Crippen molar-refractivity contribution in [2.24, 2.45) is 0 Å². The van der Waals surface area contributed by atoms with E-state index in [0.717, 1.165) is 36.3 Å². The predicted molar refractivity (Wildman–Crippen MR) is 99.8 cm³/mol. The first-order chi connectivity index (χ1) is 12.2. The summed E-state index contributed by atoms with van der Waals surface area (Å²) in [6, 6.07) is 15.6. The van der Waals surface area contributed by atoms with Crippen LogP contribution in [-0.2, 0) is 22.4 Å². The molecule has 0 aliphatic carbocycles. The summed E-state index contributed by atoms with van der Waals surface area (Å²) in [7, 11) is 1.73. The van der Waals surface area contributed by atoms with Crippen molar-refractivity contribution in [3.8, 4) is 0 Å². The zero-order valence-electron chi connectivity index (χ0n) is 14.4. The number of rotatable bonds is 5. The van der Waals surface area contributed by atoms with Crippen LogP contribution in [0, 0.1) is 0 Å². The molecule has 5 nitrogen and oxygen atoms in total. The number of hydrogen-bond acceptors (Lipinski definition) is 3. The Morgan fingerprint density at radius 3 is 2.60 bits per heavy atom. The lowest BCUT2D eigenvalue weighted by Crippen LogP contribution is -2.36. The highest BCUT2D eigenvalue weighted by Crippen LogP contribution is 2.27. The lowest BCUT2D eigenvalue weighted by Gasteiger charge is -2.29. The van der Waals surface area contributed by atoms with Gasteiger partial charge in [0.2, 0.25) is 11.8 Å². The molecular formula is C20H23N3O2. The van der Waals surface area contributed by atoms with Crippen LogP contribution >= 0.6 is 0 Å². The summed E-state index contributed by atoms with van der Waals surface area (Å²) in [6.07, 6.45) is 2.39. The maximum absolute atomic E-state index is 12.7. The molecule has 0 radical (unpaired) electrons. The van der Waals surface area contributed by atoms with Gasteiger partial charge in [0.05, 0.1) is 13.0 Å². The van der Waals surface area contributed by atoms with Crippen LogP contribution in [0.4, 0.5) is 11.4 Å². The average molecular weight is 337 g/mol. The quantitative estimate of drug-likeness (QED) is 0.880. The standard InChI is InChI=1S/C20H23N3O2/c1-21-14-19(24)22-17-10-8-15(9-11-17)13-20(25)23-12-4-6-16-5-2-3-7-18(16)23/h2-3,5,7-11,21H,4,6,12-14H2,1H3,(H,22,24). The van der Waals surface area contributed by atoms with Gasteiger partial charge in [0.1, 0.15) is 0 Å². The number of nitrogens with zero attached hydrogens (tertiary/aromatic N) is 1. The van der Waals surface area contributed by atoms with Gasteiger partial charge in [-0.2, -0.15) is 0 Å². The molecular weight excluding hydrogens is 314 g/mol. The van der Waals surface area contributed by atoms with Gasteiger partial charge in [-0.25, -0.2) is 0 Å². The average Bonchev–Trinajstić information content (AvgIpc) is 2.63. The van der Waals surface area contributed by atoms with Gasteiger partial charge in [0, 0.05) is 17.9 Å². The van der Waals surface area contributed by atoms with E-state index in [4.69, 9.17) is 0 Å². The number of likely N-dealkylation sites (N-methyl/N-ethyl adjacent to an activating group) is 1. The summed E-state index contributed by atoms with van der Waals surface area (Å²) in [6.45, 7) is 1.04. The minimum Gasteiger partial charge on any atom is -0.325 e. The van der Waals surface area contributed by atoms with Crippen LogP contribution in [0.15, 0.2) is 48.5 Å². The molecule has 2 amide bonds. The molecule has 25 heavy (non-hydrogen) atoms. The Hall–Kier alpha value is -2.66. The smallest absolute Gasteiger partial charge is 0.238 e. The highest BCUT2D eigenvalue weighted by atomic mass is 16.2. The zero-order chi connectivity index (χ0) is 17.6. The van der Waals surface area contributed by atoms with Crippen molar-refractivity contribution in [2.75, 3.05) is 30.4 Å². The number of benzene rings is 2. The maximum Gasteiger partial charge on any atom is 0.238 e. The third-order valence-electron chi connectivity index (χ3n) is 4.34. The summed E-state index contributed by atoms with van der Waals surface area (Å²) in [5, 5.41) is 5.61. The highest BCUT2D eigenvalue weighted by Gasteiger charge is 2.22. The largest absolute Gasteiger partial charge is 0.325 e. The number of anilines is 2. The summed E-state index contributed by atoms with van der Waals surface area (Å²) in [5.41, 5.74) is 3.96. The first kappa shape index (κ1) is 17.2. The van der Waals surface area contributed by atoms with Crippen molar-refractivity contribution in [3.63, 3.8) is 0 Å². The van der Waals surface area contributed by atoms with Crippen molar-refractivity contribution >= 4 is 23.2 Å². The molecule has 2 aromatic rings.